The summed E-state index contributed by atoms with van der Waals surface area (Å²) in [5, 5.41) is 14.2. The summed E-state index contributed by atoms with van der Waals surface area (Å²) in [5.41, 5.74) is 2.04. The molecule has 0 spiro atoms. The standard InChI is InChI=1S/C16H22N2O3S/c1-12(2)8-13-4-6-14(7-5-13)16(19)11-18-10-15(9-17-18)22(3,20)21/h4-7,9-10,12,16,19H,8,11H2,1-3H3. The Bertz CT molecular complexity index is 718. The number of hydrogen-bond donors (Lipinski definition) is 1. The smallest absolute Gasteiger partial charge is 0.178 e. The van der Waals surface area contributed by atoms with Crippen LogP contribution in [0.25, 0.3) is 0 Å². The number of hydrogen-bond acceptors (Lipinski definition) is 4. The third-order valence-electron chi connectivity index (χ3n) is 3.41. The van der Waals surface area contributed by atoms with E-state index < -0.39 is 15.9 Å². The van der Waals surface area contributed by atoms with Crippen LogP contribution in [0, 0.1) is 5.92 Å². The van der Waals surface area contributed by atoms with E-state index in [0.29, 0.717) is 5.92 Å². The van der Waals surface area contributed by atoms with Gasteiger partial charge in [-0.05, 0) is 23.5 Å². The van der Waals surface area contributed by atoms with Crippen molar-refractivity contribution in [3.63, 3.8) is 0 Å². The van der Waals surface area contributed by atoms with Gasteiger partial charge in [-0.25, -0.2) is 8.42 Å². The summed E-state index contributed by atoms with van der Waals surface area (Å²) in [6.07, 6.45) is 4.16. The summed E-state index contributed by atoms with van der Waals surface area (Å²) in [7, 11) is -3.26. The third kappa shape index (κ3) is 4.42. The Morgan fingerprint density at radius 2 is 1.86 bits per heavy atom. The molecule has 22 heavy (non-hydrogen) atoms. The fourth-order valence-electron chi connectivity index (χ4n) is 2.27. The quantitative estimate of drug-likeness (QED) is 0.885. The average Bonchev–Trinajstić information content (AvgIpc) is 2.87. The molecule has 5 nitrogen and oxygen atoms in total. The number of aliphatic hydroxyl groups is 1. The topological polar surface area (TPSA) is 72.2 Å². The molecule has 1 N–H and O–H groups in total. The van der Waals surface area contributed by atoms with E-state index in [1.165, 1.54) is 22.6 Å². The molecule has 1 aromatic heterocycles. The van der Waals surface area contributed by atoms with Crippen LogP contribution in [0.4, 0.5) is 0 Å². The minimum Gasteiger partial charge on any atom is -0.386 e. The number of benzene rings is 1. The summed E-state index contributed by atoms with van der Waals surface area (Å²) in [4.78, 5) is 0.159. The Morgan fingerprint density at radius 1 is 1.23 bits per heavy atom. The average molecular weight is 322 g/mol. The SMILES string of the molecule is CC(C)Cc1ccc(C(O)Cn2cc(S(C)(=O)=O)cn2)cc1. The van der Waals surface area contributed by atoms with Crippen LogP contribution in [0.5, 0.6) is 0 Å². The molecule has 0 fully saturated rings. The van der Waals surface area contributed by atoms with Gasteiger partial charge < -0.3 is 5.11 Å². The summed E-state index contributed by atoms with van der Waals surface area (Å²) in [6.45, 7) is 4.55. The second-order valence-corrected chi connectivity index (χ2v) is 8.04. The molecule has 2 rings (SSSR count). The first-order valence-electron chi connectivity index (χ1n) is 7.25. The maximum absolute atomic E-state index is 11.4. The van der Waals surface area contributed by atoms with Crippen molar-refractivity contribution in [1.82, 2.24) is 9.78 Å². The Hall–Kier alpha value is -1.66. The lowest BCUT2D eigenvalue weighted by atomic mass is 10.0. The van der Waals surface area contributed by atoms with Gasteiger partial charge in [-0.3, -0.25) is 4.68 Å². The highest BCUT2D eigenvalue weighted by atomic mass is 32.2. The number of aromatic nitrogens is 2. The van der Waals surface area contributed by atoms with Crippen LogP contribution in [0.1, 0.15) is 31.1 Å². The Labute approximate surface area is 131 Å². The number of aliphatic hydroxyl groups excluding tert-OH is 1. The van der Waals surface area contributed by atoms with Gasteiger partial charge in [0.15, 0.2) is 9.84 Å². The maximum atomic E-state index is 11.4. The van der Waals surface area contributed by atoms with E-state index in [0.717, 1.165) is 18.2 Å². The fourth-order valence-corrected chi connectivity index (χ4v) is 2.82. The van der Waals surface area contributed by atoms with Gasteiger partial charge in [-0.2, -0.15) is 5.10 Å². The van der Waals surface area contributed by atoms with Crippen LogP contribution in [0.3, 0.4) is 0 Å². The van der Waals surface area contributed by atoms with Crippen LogP contribution in [0.2, 0.25) is 0 Å². The zero-order chi connectivity index (χ0) is 16.3. The van der Waals surface area contributed by atoms with Crippen molar-refractivity contribution in [2.45, 2.75) is 37.8 Å². The van der Waals surface area contributed by atoms with Gasteiger partial charge in [0.05, 0.1) is 18.8 Å². The molecule has 0 radical (unpaired) electrons. The summed E-state index contributed by atoms with van der Waals surface area (Å²) in [6, 6.07) is 7.85. The minimum absolute atomic E-state index is 0.159. The number of rotatable bonds is 6. The van der Waals surface area contributed by atoms with Crippen molar-refractivity contribution in [1.29, 1.82) is 0 Å². The second kappa shape index (κ2) is 6.62. The van der Waals surface area contributed by atoms with E-state index in [4.69, 9.17) is 0 Å². The molecule has 2 aromatic rings. The zero-order valence-corrected chi connectivity index (χ0v) is 13.9. The van der Waals surface area contributed by atoms with Crippen molar-refractivity contribution in [3.05, 3.63) is 47.8 Å². The highest BCUT2D eigenvalue weighted by Gasteiger charge is 2.13. The first-order chi connectivity index (χ1) is 10.3. The van der Waals surface area contributed by atoms with Crippen LogP contribution in [-0.2, 0) is 22.8 Å². The molecule has 0 aliphatic carbocycles. The van der Waals surface area contributed by atoms with E-state index in [1.807, 2.05) is 24.3 Å². The minimum atomic E-state index is -3.26. The van der Waals surface area contributed by atoms with Gasteiger partial charge in [0.1, 0.15) is 4.90 Å². The molecule has 1 heterocycles. The van der Waals surface area contributed by atoms with Gasteiger partial charge in [0.25, 0.3) is 0 Å². The van der Waals surface area contributed by atoms with Crippen LogP contribution >= 0.6 is 0 Å². The lowest BCUT2D eigenvalue weighted by Crippen LogP contribution is -2.09. The molecular weight excluding hydrogens is 300 g/mol. The van der Waals surface area contributed by atoms with E-state index in [1.54, 1.807) is 0 Å². The van der Waals surface area contributed by atoms with Crippen molar-refractivity contribution in [3.8, 4) is 0 Å². The molecule has 0 saturated carbocycles. The normalized spacial score (nSPS) is 13.5. The van der Waals surface area contributed by atoms with Crippen LogP contribution < -0.4 is 0 Å². The van der Waals surface area contributed by atoms with Crippen LogP contribution in [0.15, 0.2) is 41.6 Å². The van der Waals surface area contributed by atoms with Gasteiger partial charge in [-0.1, -0.05) is 38.1 Å². The Kier molecular flexibility index (Phi) is 5.03. The van der Waals surface area contributed by atoms with Gasteiger partial charge in [0, 0.05) is 12.5 Å². The molecule has 1 atom stereocenters. The predicted molar refractivity (Wildman–Crippen MR) is 85.3 cm³/mol. The third-order valence-corrected chi connectivity index (χ3v) is 4.47. The molecule has 120 valence electrons. The van der Waals surface area contributed by atoms with E-state index in [-0.39, 0.29) is 11.4 Å². The highest BCUT2D eigenvalue weighted by molar-refractivity contribution is 7.90. The van der Waals surface area contributed by atoms with Gasteiger partial charge in [0.2, 0.25) is 0 Å². The highest BCUT2D eigenvalue weighted by Crippen LogP contribution is 2.18. The largest absolute Gasteiger partial charge is 0.386 e. The summed E-state index contributed by atoms with van der Waals surface area (Å²) < 4.78 is 24.3. The predicted octanol–water partition coefficient (Wildman–Crippen LogP) is 2.22. The monoisotopic (exact) mass is 322 g/mol. The first-order valence-corrected chi connectivity index (χ1v) is 9.14. The Morgan fingerprint density at radius 3 is 2.36 bits per heavy atom. The van der Waals surface area contributed by atoms with E-state index in [2.05, 4.69) is 18.9 Å². The van der Waals surface area contributed by atoms with Crippen molar-refractivity contribution in [2.75, 3.05) is 6.26 Å². The summed E-state index contributed by atoms with van der Waals surface area (Å²) in [5.74, 6) is 0.592. The first kappa shape index (κ1) is 16.7. The molecule has 0 aliphatic heterocycles. The maximum Gasteiger partial charge on any atom is 0.178 e. The zero-order valence-electron chi connectivity index (χ0n) is 13.1. The molecule has 1 aromatic carbocycles. The van der Waals surface area contributed by atoms with E-state index in [9.17, 15) is 13.5 Å². The lowest BCUT2D eigenvalue weighted by Gasteiger charge is -2.12. The molecule has 0 bridgehead atoms. The van der Waals surface area contributed by atoms with Crippen LogP contribution in [-0.4, -0.2) is 29.6 Å². The Balaban J connectivity index is 2.05. The molecule has 0 amide bonds. The lowest BCUT2D eigenvalue weighted by molar-refractivity contribution is 0.151. The molecule has 1 unspecified atom stereocenters. The van der Waals surface area contributed by atoms with Crippen molar-refractivity contribution in [2.24, 2.45) is 5.92 Å². The summed E-state index contributed by atoms with van der Waals surface area (Å²) >= 11 is 0. The molecule has 0 aliphatic rings. The molecular formula is C16H22N2O3S. The van der Waals surface area contributed by atoms with Crippen molar-refractivity contribution < 1.29 is 13.5 Å². The molecule has 0 saturated heterocycles. The fraction of sp³-hybridized carbons (Fsp3) is 0.438. The number of sulfone groups is 1. The van der Waals surface area contributed by atoms with Gasteiger partial charge in [-0.15, -0.1) is 0 Å². The van der Waals surface area contributed by atoms with Gasteiger partial charge >= 0.3 is 0 Å². The van der Waals surface area contributed by atoms with Crippen molar-refractivity contribution >= 4 is 9.84 Å². The van der Waals surface area contributed by atoms with E-state index >= 15 is 0 Å². The second-order valence-electron chi connectivity index (χ2n) is 6.03. The number of nitrogens with zero attached hydrogens (tertiary/aromatic N) is 2. The molecule has 6 heteroatoms.